The number of fused-ring (bicyclic) bond motifs is 2. The quantitative estimate of drug-likeness (QED) is 0.233. The largest absolute Gasteiger partial charge is 0.200 e. The van der Waals surface area contributed by atoms with E-state index < -0.39 is 0 Å². The van der Waals surface area contributed by atoms with Gasteiger partial charge in [0.1, 0.15) is 11.8 Å². The number of pyridine rings is 2. The van der Waals surface area contributed by atoms with Crippen molar-refractivity contribution in [1.82, 2.24) is 0 Å². The van der Waals surface area contributed by atoms with E-state index in [0.717, 1.165) is 0 Å². The van der Waals surface area contributed by atoms with E-state index in [4.69, 9.17) is 0 Å². The van der Waals surface area contributed by atoms with Crippen molar-refractivity contribution in [2.75, 3.05) is 0 Å². The molecule has 0 radical (unpaired) electrons. The molecule has 0 spiro atoms. The summed E-state index contributed by atoms with van der Waals surface area (Å²) >= 11 is 0. The first-order valence-corrected chi connectivity index (χ1v) is 12.9. The summed E-state index contributed by atoms with van der Waals surface area (Å²) in [4.78, 5) is 0. The lowest BCUT2D eigenvalue weighted by atomic mass is 9.64. The van der Waals surface area contributed by atoms with Gasteiger partial charge in [-0.15, -0.1) is 0 Å². The summed E-state index contributed by atoms with van der Waals surface area (Å²) in [6.07, 6.45) is 4.65. The molecular formula is C34H24N2+2. The van der Waals surface area contributed by atoms with Crippen LogP contribution in [0.3, 0.4) is 0 Å². The van der Waals surface area contributed by atoms with Crippen LogP contribution >= 0.6 is 0 Å². The van der Waals surface area contributed by atoms with E-state index in [0.29, 0.717) is 0 Å². The van der Waals surface area contributed by atoms with Gasteiger partial charge in [0, 0.05) is 35.4 Å². The third-order valence-electron chi connectivity index (χ3n) is 8.98. The summed E-state index contributed by atoms with van der Waals surface area (Å²) in [5.41, 5.74) is 8.82. The highest BCUT2D eigenvalue weighted by Crippen LogP contribution is 2.56. The van der Waals surface area contributed by atoms with Crippen molar-refractivity contribution in [3.63, 3.8) is 0 Å². The first kappa shape index (κ1) is 19.0. The van der Waals surface area contributed by atoms with Crippen LogP contribution in [0.5, 0.6) is 0 Å². The minimum atomic E-state index is 0.191. The van der Waals surface area contributed by atoms with Gasteiger partial charge in [0.25, 0.3) is 0 Å². The lowest BCUT2D eigenvalue weighted by Crippen LogP contribution is -2.62. The van der Waals surface area contributed by atoms with Crippen LogP contribution in [-0.4, -0.2) is 0 Å². The Balaban J connectivity index is 1.52. The monoisotopic (exact) mass is 460 g/mol. The second-order valence-corrected chi connectivity index (χ2v) is 10.5. The lowest BCUT2D eigenvalue weighted by molar-refractivity contribution is -0.769. The molecule has 12 rings (SSSR count). The van der Waals surface area contributed by atoms with E-state index in [-0.39, 0.29) is 23.9 Å². The fourth-order valence-electron chi connectivity index (χ4n) is 7.72. The third kappa shape index (κ3) is 2.19. The van der Waals surface area contributed by atoms with Crippen LogP contribution in [0, 0.1) is 0 Å². The van der Waals surface area contributed by atoms with Gasteiger partial charge in [0.05, 0.1) is 0 Å². The first-order valence-electron chi connectivity index (χ1n) is 12.9. The highest BCUT2D eigenvalue weighted by Gasteiger charge is 2.59. The predicted molar refractivity (Wildman–Crippen MR) is 141 cm³/mol. The molecule has 2 nitrogen and oxygen atoms in total. The summed E-state index contributed by atoms with van der Waals surface area (Å²) in [6, 6.07) is 41.4. The summed E-state index contributed by atoms with van der Waals surface area (Å²) in [7, 11) is 0. The molecule has 6 aromatic rings. The molecule has 4 atom stereocenters. The highest BCUT2D eigenvalue weighted by atomic mass is 15.1. The van der Waals surface area contributed by atoms with Crippen LogP contribution < -0.4 is 9.13 Å². The molecule has 1 aliphatic carbocycles. The first-order chi connectivity index (χ1) is 17.9. The Bertz CT molecular complexity index is 1750. The Morgan fingerprint density at radius 1 is 0.417 bits per heavy atom. The Morgan fingerprint density at radius 2 is 0.861 bits per heavy atom. The Morgan fingerprint density at radius 3 is 1.36 bits per heavy atom. The molecular weight excluding hydrogens is 436 g/mol. The Labute approximate surface area is 209 Å². The zero-order valence-corrected chi connectivity index (χ0v) is 19.8. The zero-order chi connectivity index (χ0) is 23.4. The van der Waals surface area contributed by atoms with Crippen molar-refractivity contribution >= 4 is 21.5 Å². The van der Waals surface area contributed by atoms with Crippen LogP contribution in [0.25, 0.3) is 21.5 Å². The predicted octanol–water partition coefficient (Wildman–Crippen LogP) is 6.35. The van der Waals surface area contributed by atoms with Gasteiger partial charge in [-0.25, -0.2) is 0 Å². The van der Waals surface area contributed by atoms with Gasteiger partial charge >= 0.3 is 0 Å². The van der Waals surface area contributed by atoms with Gasteiger partial charge in [-0.3, -0.25) is 0 Å². The van der Waals surface area contributed by atoms with Crippen molar-refractivity contribution in [3.05, 3.63) is 155 Å². The maximum Gasteiger partial charge on any atom is 0.200 e. The van der Waals surface area contributed by atoms with Crippen LogP contribution in [0.2, 0.25) is 0 Å². The van der Waals surface area contributed by atoms with E-state index in [1.807, 2.05) is 0 Å². The maximum atomic E-state index is 2.60. The second kappa shape index (κ2) is 6.67. The topological polar surface area (TPSA) is 7.76 Å². The number of hydrogen-bond acceptors (Lipinski definition) is 0. The number of aromatic nitrogens is 2. The fraction of sp³-hybridized carbons (Fsp3) is 0.118. The molecule has 7 heterocycles. The van der Waals surface area contributed by atoms with Crippen LogP contribution in [0.4, 0.5) is 0 Å². The van der Waals surface area contributed by atoms with E-state index >= 15 is 0 Å². The van der Waals surface area contributed by atoms with Crippen molar-refractivity contribution in [1.29, 1.82) is 0 Å². The molecule has 0 saturated heterocycles. The molecule has 168 valence electrons. The van der Waals surface area contributed by atoms with Crippen molar-refractivity contribution < 1.29 is 9.13 Å². The van der Waals surface area contributed by atoms with Gasteiger partial charge in [0.15, 0.2) is 23.8 Å². The van der Waals surface area contributed by atoms with E-state index in [2.05, 4.69) is 131 Å². The summed E-state index contributed by atoms with van der Waals surface area (Å²) < 4.78 is 5.20. The van der Waals surface area contributed by atoms with Gasteiger partial charge in [-0.1, -0.05) is 84.9 Å². The lowest BCUT2D eigenvalue weighted by Gasteiger charge is -2.42. The van der Waals surface area contributed by atoms with Crippen LogP contribution in [0.1, 0.15) is 57.6 Å². The van der Waals surface area contributed by atoms with Crippen molar-refractivity contribution in [2.45, 2.75) is 23.9 Å². The smallest absolute Gasteiger partial charge is 0.193 e. The van der Waals surface area contributed by atoms with E-state index in [9.17, 15) is 0 Å². The fourth-order valence-corrected chi connectivity index (χ4v) is 7.72. The van der Waals surface area contributed by atoms with Crippen molar-refractivity contribution in [3.8, 4) is 0 Å². The number of hydrogen-bond donors (Lipinski definition) is 0. The van der Waals surface area contributed by atoms with Crippen LogP contribution in [0.15, 0.2) is 122 Å². The molecule has 2 heteroatoms. The molecule has 0 fully saturated rings. The minimum Gasteiger partial charge on any atom is -0.193 e. The van der Waals surface area contributed by atoms with Crippen molar-refractivity contribution in [2.24, 2.45) is 0 Å². The van der Waals surface area contributed by atoms with Gasteiger partial charge in [-0.05, 0) is 32.7 Å². The molecule has 5 aliphatic heterocycles. The van der Waals surface area contributed by atoms with E-state index in [1.165, 1.54) is 55.2 Å². The summed E-state index contributed by atoms with van der Waals surface area (Å²) in [5.74, 6) is 0.437. The molecule has 0 saturated carbocycles. The molecule has 4 bridgehead atoms. The summed E-state index contributed by atoms with van der Waals surface area (Å²) in [5, 5.41) is 5.46. The van der Waals surface area contributed by atoms with Gasteiger partial charge < -0.3 is 0 Å². The second-order valence-electron chi connectivity index (χ2n) is 10.5. The Kier molecular flexibility index (Phi) is 3.51. The molecule has 0 amide bonds. The average Bonchev–Trinajstić information content (AvgIpc) is 2.93. The number of benzene rings is 4. The molecule has 4 aromatic carbocycles. The standard InChI is InChI=1S/C34H24N2/c1-3-11-23-21(9-1)15-17-25-29(23)31-27-13-5-7-19-35(27)33(25)32-28-14-6-8-20-36(28)34(31)26-18-16-22-10-2-4-12-24(22)30(26)32/h1-20,31-34H/q+2/t31-,32+,33+,34-. The van der Waals surface area contributed by atoms with Gasteiger partial charge in [-0.2, -0.15) is 9.13 Å². The molecule has 0 N–H and O–H groups in total. The number of rotatable bonds is 0. The normalized spacial score (nSPS) is 22.4. The molecule has 6 aliphatic rings. The summed E-state index contributed by atoms with van der Waals surface area (Å²) in [6.45, 7) is 0. The maximum absolute atomic E-state index is 2.60. The third-order valence-corrected chi connectivity index (χ3v) is 8.98. The Hall–Kier alpha value is -4.30. The number of nitrogens with zero attached hydrogens (tertiary/aromatic N) is 2. The van der Waals surface area contributed by atoms with Gasteiger partial charge in [0.2, 0.25) is 12.1 Å². The zero-order valence-electron chi connectivity index (χ0n) is 19.8. The highest BCUT2D eigenvalue weighted by molar-refractivity contribution is 5.91. The van der Waals surface area contributed by atoms with Crippen LogP contribution in [-0.2, 0) is 0 Å². The average molecular weight is 461 g/mol. The SMILES string of the molecule is c1cc[n+]2c(c1)[C@H]1c3c(ccc4ccccc34)[C@@H]2[C@H]2c3c(ccc4ccccc34)[C@@H]1[n+]1ccccc12. The molecule has 0 unspecified atom stereocenters. The van der Waals surface area contributed by atoms with E-state index in [1.54, 1.807) is 0 Å². The molecule has 2 aromatic heterocycles. The minimum absolute atomic E-state index is 0.191. The molecule has 36 heavy (non-hydrogen) atoms.